The highest BCUT2D eigenvalue weighted by atomic mass is 32.2. The molecule has 0 fully saturated rings. The van der Waals surface area contributed by atoms with Crippen LogP contribution in [-0.2, 0) is 35.2 Å². The second-order valence-corrected chi connectivity index (χ2v) is 19.2. The minimum absolute atomic E-state index is 0.0241. The molecule has 11 heteroatoms. The fourth-order valence-electron chi connectivity index (χ4n) is 8.39. The van der Waals surface area contributed by atoms with Crippen molar-refractivity contribution >= 4 is 47.4 Å². The average molecular weight is 990 g/mol. The Morgan fingerprint density at radius 3 is 1.28 bits per heavy atom. The minimum Gasteiger partial charge on any atom is -0.451 e. The van der Waals surface area contributed by atoms with E-state index < -0.39 is 53.4 Å². The fraction of sp³-hybridized carbons (Fsp3) is 0.148. The van der Waals surface area contributed by atoms with Gasteiger partial charge in [0.1, 0.15) is 25.2 Å². The van der Waals surface area contributed by atoms with Crippen LogP contribution in [0.2, 0.25) is 0 Å². The molecule has 0 aliphatic rings. The Hall–Kier alpha value is -7.86. The molecule has 0 aliphatic carbocycles. The lowest BCUT2D eigenvalue weighted by molar-refractivity contribution is -0.147. The summed E-state index contributed by atoms with van der Waals surface area (Å²) in [5.41, 5.74) is 7.23. The van der Waals surface area contributed by atoms with Gasteiger partial charge in [-0.25, -0.2) is 4.79 Å². The van der Waals surface area contributed by atoms with Gasteiger partial charge in [0.15, 0.2) is 6.10 Å². The van der Waals surface area contributed by atoms with Gasteiger partial charge in [-0.15, -0.1) is 23.5 Å². The Balaban J connectivity index is 1.10. The third-order valence-electron chi connectivity index (χ3n) is 12.0. The van der Waals surface area contributed by atoms with E-state index in [0.717, 1.165) is 44.5 Å². The first-order chi connectivity index (χ1) is 35.4. The van der Waals surface area contributed by atoms with Crippen LogP contribution in [0.5, 0.6) is 0 Å². The lowest BCUT2D eigenvalue weighted by Crippen LogP contribution is -2.56. The normalized spacial score (nSPS) is 12.0. The predicted octanol–water partition coefficient (Wildman–Crippen LogP) is 11.5. The molecule has 9 nitrogen and oxygen atoms in total. The maximum Gasteiger partial charge on any atom is 0.408 e. The van der Waals surface area contributed by atoms with E-state index in [1.807, 2.05) is 206 Å². The number of ether oxygens (including phenoxy) is 2. The van der Waals surface area contributed by atoms with E-state index >= 15 is 4.79 Å². The van der Waals surface area contributed by atoms with E-state index in [-0.39, 0.29) is 23.4 Å². The van der Waals surface area contributed by atoms with Crippen molar-refractivity contribution in [2.45, 2.75) is 34.8 Å². The molecule has 0 bridgehead atoms. The summed E-state index contributed by atoms with van der Waals surface area (Å²) in [5, 5.41) is 8.45. The molecule has 8 aromatic rings. The number of amides is 3. The average Bonchev–Trinajstić information content (AvgIpc) is 3.45. The summed E-state index contributed by atoms with van der Waals surface area (Å²) in [7, 11) is 0. The highest BCUT2D eigenvalue weighted by Gasteiger charge is 2.39. The first kappa shape index (κ1) is 50.5. The van der Waals surface area contributed by atoms with Crippen molar-refractivity contribution in [1.29, 1.82) is 0 Å². The summed E-state index contributed by atoms with van der Waals surface area (Å²) in [6.45, 7) is -0.492. The maximum absolute atomic E-state index is 15.1. The number of hydrogen-bond donors (Lipinski definition) is 3. The first-order valence-corrected chi connectivity index (χ1v) is 25.8. The van der Waals surface area contributed by atoms with Gasteiger partial charge in [-0.3, -0.25) is 14.4 Å². The van der Waals surface area contributed by atoms with Crippen LogP contribution in [0.25, 0.3) is 0 Å². The zero-order valence-electron chi connectivity index (χ0n) is 39.5. The van der Waals surface area contributed by atoms with Crippen molar-refractivity contribution in [3.8, 4) is 0 Å². The third kappa shape index (κ3) is 13.5. The van der Waals surface area contributed by atoms with Gasteiger partial charge < -0.3 is 25.4 Å². The lowest BCUT2D eigenvalue weighted by atomic mass is 9.84. The highest BCUT2D eigenvalue weighted by Crippen LogP contribution is 2.48. The number of alkyl carbamates (subject to hydrolysis) is 1. The number of thioether (sulfide) groups is 2. The largest absolute Gasteiger partial charge is 0.451 e. The molecule has 362 valence electrons. The molecule has 0 spiro atoms. The van der Waals surface area contributed by atoms with Gasteiger partial charge in [-0.05, 0) is 44.5 Å². The van der Waals surface area contributed by atoms with Crippen molar-refractivity contribution < 1.29 is 28.7 Å². The molecule has 0 aromatic heterocycles. The predicted molar refractivity (Wildman–Crippen MR) is 288 cm³/mol. The molecule has 0 saturated carbocycles. The molecule has 0 saturated heterocycles. The lowest BCUT2D eigenvalue weighted by Gasteiger charge is -2.36. The van der Waals surface area contributed by atoms with Crippen LogP contribution in [0, 0.1) is 0 Å². The summed E-state index contributed by atoms with van der Waals surface area (Å²) in [6, 6.07) is 75.7. The van der Waals surface area contributed by atoms with Gasteiger partial charge in [0, 0.05) is 11.5 Å². The molecular formula is C61H55N3O6S2. The Kier molecular flexibility index (Phi) is 18.1. The van der Waals surface area contributed by atoms with Crippen molar-refractivity contribution in [3.63, 3.8) is 0 Å². The van der Waals surface area contributed by atoms with E-state index in [0.29, 0.717) is 0 Å². The molecule has 0 aliphatic heterocycles. The van der Waals surface area contributed by atoms with E-state index in [4.69, 9.17) is 9.47 Å². The Morgan fingerprint density at radius 2 is 0.833 bits per heavy atom. The minimum atomic E-state index is -1.21. The van der Waals surface area contributed by atoms with Crippen LogP contribution in [0.4, 0.5) is 4.79 Å². The second kappa shape index (κ2) is 25.8. The number of carbonyl (C=O) groups excluding carboxylic acids is 4. The number of esters is 1. The Bertz CT molecular complexity index is 2750. The number of hydrogen-bond acceptors (Lipinski definition) is 8. The van der Waals surface area contributed by atoms with E-state index in [1.165, 1.54) is 23.5 Å². The van der Waals surface area contributed by atoms with Crippen LogP contribution < -0.4 is 16.0 Å². The fourth-order valence-corrected chi connectivity index (χ4v) is 11.3. The molecule has 0 radical (unpaired) electrons. The number of rotatable bonds is 22. The first-order valence-electron chi connectivity index (χ1n) is 23.7. The smallest absolute Gasteiger partial charge is 0.408 e. The van der Waals surface area contributed by atoms with Gasteiger partial charge in [0.05, 0.1) is 10.00 Å². The summed E-state index contributed by atoms with van der Waals surface area (Å²) in [4.78, 5) is 57.3. The quantitative estimate of drug-likeness (QED) is 0.0453. The molecule has 0 unspecified atom stereocenters. The Labute approximate surface area is 429 Å². The molecule has 0 heterocycles. The SMILES string of the molecule is O=C(CNC(=O)[C@@H](CSC(c1ccccc1)c1ccccc1)NC(=O)[C@H](CSC(c1ccccc1)(c1ccccc1)c1ccccc1)NC(=O)OCc1ccccc1)OC(c1ccccc1)c1ccccc1. The molecule has 72 heavy (non-hydrogen) atoms. The van der Waals surface area contributed by atoms with E-state index in [1.54, 1.807) is 0 Å². The van der Waals surface area contributed by atoms with Crippen LogP contribution in [0.3, 0.4) is 0 Å². The second-order valence-electron chi connectivity index (χ2n) is 16.9. The third-order valence-corrected chi connectivity index (χ3v) is 15.0. The molecule has 3 amide bonds. The van der Waals surface area contributed by atoms with Gasteiger partial charge in [-0.1, -0.05) is 243 Å². The number of benzene rings is 8. The van der Waals surface area contributed by atoms with Crippen LogP contribution in [-0.4, -0.2) is 54.0 Å². The van der Waals surface area contributed by atoms with Gasteiger partial charge in [0.2, 0.25) is 11.8 Å². The van der Waals surface area contributed by atoms with E-state index in [9.17, 15) is 14.4 Å². The van der Waals surface area contributed by atoms with Crippen LogP contribution in [0.15, 0.2) is 243 Å². The molecular weight excluding hydrogens is 935 g/mol. The molecule has 8 rings (SSSR count). The zero-order chi connectivity index (χ0) is 49.8. The van der Waals surface area contributed by atoms with E-state index in [2.05, 4.69) is 52.3 Å². The van der Waals surface area contributed by atoms with Gasteiger partial charge >= 0.3 is 12.1 Å². The van der Waals surface area contributed by atoms with Gasteiger partial charge in [0.25, 0.3) is 0 Å². The molecule has 2 atom stereocenters. The summed E-state index contributed by atoms with van der Waals surface area (Å²) in [5.74, 6) is -1.74. The van der Waals surface area contributed by atoms with Crippen molar-refractivity contribution in [2.75, 3.05) is 18.1 Å². The Morgan fingerprint density at radius 1 is 0.444 bits per heavy atom. The van der Waals surface area contributed by atoms with Crippen LogP contribution in [0.1, 0.15) is 55.9 Å². The van der Waals surface area contributed by atoms with Crippen LogP contribution >= 0.6 is 23.5 Å². The number of nitrogens with one attached hydrogen (secondary N) is 3. The highest BCUT2D eigenvalue weighted by molar-refractivity contribution is 8.00. The van der Waals surface area contributed by atoms with Crippen molar-refractivity contribution in [3.05, 3.63) is 287 Å². The maximum atomic E-state index is 15.1. The number of carbonyl (C=O) groups is 4. The van der Waals surface area contributed by atoms with Crippen molar-refractivity contribution in [1.82, 2.24) is 16.0 Å². The summed E-state index contributed by atoms with van der Waals surface area (Å²) < 4.78 is 10.9. The summed E-state index contributed by atoms with van der Waals surface area (Å²) >= 11 is 2.96. The zero-order valence-corrected chi connectivity index (χ0v) is 41.1. The summed E-state index contributed by atoms with van der Waals surface area (Å²) in [6.07, 6.45) is -1.52. The standard InChI is InChI=1S/C61H55N3O6S2/c65-55(70-56(46-27-11-2-12-28-46)47-29-13-3-14-30-47)41-62-58(66)53(43-71-57(48-31-15-4-16-32-48)49-33-17-5-18-34-49)63-59(67)54(64-60(68)69-42-45-25-9-1-10-26-45)44-72-61(50-35-19-6-20-36-50,51-37-21-7-22-38-51)52-39-23-8-24-40-52/h1-40,53-54,56-57H,41-44H2,(H,62,66)(H,63,67)(H,64,68)/t53-,54+/m1/s1. The molecule has 3 N–H and O–H groups in total. The molecule has 8 aromatic carbocycles. The van der Waals surface area contributed by atoms with Gasteiger partial charge in [-0.2, -0.15) is 0 Å². The van der Waals surface area contributed by atoms with Crippen molar-refractivity contribution in [2.24, 2.45) is 0 Å². The topological polar surface area (TPSA) is 123 Å². The monoisotopic (exact) mass is 989 g/mol.